The number of nitrogens with zero attached hydrogens (tertiary/aromatic N) is 1. The summed E-state index contributed by atoms with van der Waals surface area (Å²) >= 11 is 0. The highest BCUT2D eigenvalue weighted by atomic mass is 16.3. The van der Waals surface area contributed by atoms with Crippen LogP contribution < -0.4 is 10.6 Å². The van der Waals surface area contributed by atoms with Gasteiger partial charge in [0.15, 0.2) is 0 Å². The van der Waals surface area contributed by atoms with E-state index in [1.807, 2.05) is 0 Å². The summed E-state index contributed by atoms with van der Waals surface area (Å²) in [7, 11) is 0. The first kappa shape index (κ1) is 10.1. The Bertz CT molecular complexity index is 309. The number of amides is 2. The van der Waals surface area contributed by atoms with Crippen LogP contribution in [0.3, 0.4) is 0 Å². The number of guanidine groups is 1. The van der Waals surface area contributed by atoms with Crippen molar-refractivity contribution in [3.63, 3.8) is 0 Å². The normalized spacial score (nSPS) is 31.1. The van der Waals surface area contributed by atoms with Gasteiger partial charge in [-0.05, 0) is 12.8 Å². The first-order valence-electron chi connectivity index (χ1n) is 5.05. The van der Waals surface area contributed by atoms with Crippen molar-refractivity contribution < 1.29 is 14.7 Å². The van der Waals surface area contributed by atoms with Gasteiger partial charge in [0.25, 0.3) is 0 Å². The van der Waals surface area contributed by atoms with Crippen molar-refractivity contribution in [3.05, 3.63) is 0 Å². The summed E-state index contributed by atoms with van der Waals surface area (Å²) in [6.07, 6.45) is 3.06. The molecule has 2 unspecified atom stereocenters. The number of aliphatic imine (C=N–C) groups is 1. The van der Waals surface area contributed by atoms with E-state index in [1.54, 1.807) is 0 Å². The smallest absolute Gasteiger partial charge is 0.316 e. The summed E-state index contributed by atoms with van der Waals surface area (Å²) in [6.45, 7) is 0. The summed E-state index contributed by atoms with van der Waals surface area (Å²) in [5.41, 5.74) is 0. The lowest BCUT2D eigenvalue weighted by Crippen LogP contribution is -2.34. The average Bonchev–Trinajstić information content (AvgIpc) is 2.50. The molecule has 0 spiro atoms. The number of nitrogens with one attached hydrogen (secondary N) is 2. The molecular weight excluding hydrogens is 198 g/mol. The van der Waals surface area contributed by atoms with Gasteiger partial charge in [0.05, 0.1) is 12.1 Å². The number of hydrogen-bond acceptors (Lipinski definition) is 4. The van der Waals surface area contributed by atoms with Crippen LogP contribution in [0.4, 0.5) is 0 Å². The standard InChI is InChI=1S/C9H13N3O3/c13-6-4-2-1-3-5(6)10-9-11-7(14)8(15)12-9/h5-6,13H,1-4H2,(H2,10,11,12,14,15). The molecule has 0 aromatic heterocycles. The molecule has 0 radical (unpaired) electrons. The number of hydrogen-bond donors (Lipinski definition) is 3. The van der Waals surface area contributed by atoms with E-state index in [9.17, 15) is 14.7 Å². The van der Waals surface area contributed by atoms with E-state index in [0.717, 1.165) is 25.7 Å². The number of carbonyl (C=O) groups is 2. The molecule has 2 fully saturated rings. The summed E-state index contributed by atoms with van der Waals surface area (Å²) < 4.78 is 0. The average molecular weight is 211 g/mol. The van der Waals surface area contributed by atoms with Crippen LogP contribution in [0.5, 0.6) is 0 Å². The number of rotatable bonds is 1. The summed E-state index contributed by atoms with van der Waals surface area (Å²) in [6, 6.07) is -0.215. The second-order valence-corrected chi connectivity index (χ2v) is 3.81. The topological polar surface area (TPSA) is 90.8 Å². The molecule has 2 atom stereocenters. The van der Waals surface area contributed by atoms with Crippen LogP contribution in [0.15, 0.2) is 4.99 Å². The van der Waals surface area contributed by atoms with Crippen LogP contribution in [0.2, 0.25) is 0 Å². The van der Waals surface area contributed by atoms with Crippen molar-refractivity contribution in [3.8, 4) is 0 Å². The molecule has 82 valence electrons. The van der Waals surface area contributed by atoms with Crippen molar-refractivity contribution in [2.24, 2.45) is 4.99 Å². The fourth-order valence-electron chi connectivity index (χ4n) is 1.83. The Morgan fingerprint density at radius 2 is 1.73 bits per heavy atom. The zero-order valence-corrected chi connectivity index (χ0v) is 8.19. The maximum absolute atomic E-state index is 10.8. The second kappa shape index (κ2) is 3.98. The number of aliphatic hydroxyl groups is 1. The van der Waals surface area contributed by atoms with Crippen molar-refractivity contribution in [1.82, 2.24) is 10.6 Å². The lowest BCUT2D eigenvalue weighted by atomic mass is 9.93. The lowest BCUT2D eigenvalue weighted by Gasteiger charge is -2.24. The molecule has 6 nitrogen and oxygen atoms in total. The van der Waals surface area contributed by atoms with Gasteiger partial charge in [-0.3, -0.25) is 20.2 Å². The SMILES string of the molecule is O=C1NC(=NC2CCCCC2O)NC1=O. The molecule has 6 heteroatoms. The molecule has 15 heavy (non-hydrogen) atoms. The van der Waals surface area contributed by atoms with Crippen LogP contribution in [-0.2, 0) is 9.59 Å². The monoisotopic (exact) mass is 211 g/mol. The van der Waals surface area contributed by atoms with Crippen molar-refractivity contribution >= 4 is 17.8 Å². The minimum Gasteiger partial charge on any atom is -0.391 e. The van der Waals surface area contributed by atoms with Gasteiger partial charge >= 0.3 is 11.8 Å². The van der Waals surface area contributed by atoms with Crippen molar-refractivity contribution in [2.45, 2.75) is 37.8 Å². The summed E-state index contributed by atoms with van der Waals surface area (Å²) in [5.74, 6) is -1.23. The predicted molar refractivity (Wildman–Crippen MR) is 52.0 cm³/mol. The summed E-state index contributed by atoms with van der Waals surface area (Å²) in [5, 5.41) is 14.3. The molecule has 2 rings (SSSR count). The summed E-state index contributed by atoms with van der Waals surface area (Å²) in [4.78, 5) is 25.8. The highest BCUT2D eigenvalue weighted by molar-refractivity contribution is 6.45. The Morgan fingerprint density at radius 1 is 1.13 bits per heavy atom. The van der Waals surface area contributed by atoms with Crippen LogP contribution in [0.1, 0.15) is 25.7 Å². The van der Waals surface area contributed by atoms with Gasteiger partial charge in [-0.2, -0.15) is 0 Å². The van der Waals surface area contributed by atoms with Gasteiger partial charge < -0.3 is 5.11 Å². The van der Waals surface area contributed by atoms with E-state index in [-0.39, 0.29) is 12.0 Å². The molecular formula is C9H13N3O3. The molecule has 0 aromatic carbocycles. The first-order valence-corrected chi connectivity index (χ1v) is 5.05. The molecule has 0 bridgehead atoms. The molecule has 2 aliphatic rings. The fourth-order valence-corrected chi connectivity index (χ4v) is 1.83. The first-order chi connectivity index (χ1) is 7.16. The largest absolute Gasteiger partial charge is 0.391 e. The zero-order valence-electron chi connectivity index (χ0n) is 8.19. The van der Waals surface area contributed by atoms with Gasteiger partial charge in [0.1, 0.15) is 0 Å². The number of carbonyl (C=O) groups excluding carboxylic acids is 2. The molecule has 1 aliphatic carbocycles. The molecule has 0 aromatic rings. The third-order valence-corrected chi connectivity index (χ3v) is 2.66. The third kappa shape index (κ3) is 2.15. The van der Waals surface area contributed by atoms with Crippen molar-refractivity contribution in [1.29, 1.82) is 0 Å². The highest BCUT2D eigenvalue weighted by Crippen LogP contribution is 2.21. The van der Waals surface area contributed by atoms with Crippen molar-refractivity contribution in [2.75, 3.05) is 0 Å². The Hall–Kier alpha value is -1.43. The maximum atomic E-state index is 10.8. The Morgan fingerprint density at radius 3 is 2.33 bits per heavy atom. The quantitative estimate of drug-likeness (QED) is 0.480. The van der Waals surface area contributed by atoms with Gasteiger partial charge in [-0.25, -0.2) is 4.99 Å². The Labute approximate surface area is 86.8 Å². The predicted octanol–water partition coefficient (Wildman–Crippen LogP) is -1.11. The van der Waals surface area contributed by atoms with Gasteiger partial charge in [0.2, 0.25) is 5.96 Å². The zero-order chi connectivity index (χ0) is 10.8. The molecule has 3 N–H and O–H groups in total. The maximum Gasteiger partial charge on any atom is 0.316 e. The van der Waals surface area contributed by atoms with E-state index < -0.39 is 17.9 Å². The van der Waals surface area contributed by atoms with Crippen LogP contribution in [0, 0.1) is 0 Å². The molecule has 1 saturated carbocycles. The molecule has 1 aliphatic heterocycles. The lowest BCUT2D eigenvalue weighted by molar-refractivity contribution is -0.135. The molecule has 2 amide bonds. The van der Waals surface area contributed by atoms with Crippen LogP contribution in [0.25, 0.3) is 0 Å². The van der Waals surface area contributed by atoms with E-state index >= 15 is 0 Å². The van der Waals surface area contributed by atoms with E-state index in [0.29, 0.717) is 0 Å². The fraction of sp³-hybridized carbons (Fsp3) is 0.667. The Kier molecular flexibility index (Phi) is 2.68. The van der Waals surface area contributed by atoms with Gasteiger partial charge in [0, 0.05) is 0 Å². The van der Waals surface area contributed by atoms with Gasteiger partial charge in [-0.1, -0.05) is 12.8 Å². The molecule has 1 heterocycles. The van der Waals surface area contributed by atoms with E-state index in [4.69, 9.17) is 0 Å². The third-order valence-electron chi connectivity index (χ3n) is 2.66. The van der Waals surface area contributed by atoms with Gasteiger partial charge in [-0.15, -0.1) is 0 Å². The van der Waals surface area contributed by atoms with Crippen LogP contribution in [-0.4, -0.2) is 35.0 Å². The second-order valence-electron chi connectivity index (χ2n) is 3.81. The minimum absolute atomic E-state index is 0.163. The van der Waals surface area contributed by atoms with E-state index in [1.165, 1.54) is 0 Å². The molecule has 1 saturated heterocycles. The minimum atomic E-state index is -0.695. The Balaban J connectivity index is 2.03. The van der Waals surface area contributed by atoms with Crippen LogP contribution >= 0.6 is 0 Å². The van der Waals surface area contributed by atoms with E-state index in [2.05, 4.69) is 15.6 Å². The highest BCUT2D eigenvalue weighted by Gasteiger charge is 2.28. The number of aliphatic hydroxyl groups excluding tert-OH is 1.